The fraction of sp³-hybridized carbons (Fsp3) is 0.438. The highest BCUT2D eigenvalue weighted by Crippen LogP contribution is 2.35. The summed E-state index contributed by atoms with van der Waals surface area (Å²) in [5.74, 6) is -7.71. The molecule has 0 saturated carbocycles. The molecule has 2 aromatic carbocycles. The Morgan fingerprint density at radius 3 is 2.38 bits per heavy atom. The molecule has 2 aliphatic rings. The number of amides is 1. The fourth-order valence-electron chi connectivity index (χ4n) is 6.27. The van der Waals surface area contributed by atoms with Crippen LogP contribution in [0.3, 0.4) is 0 Å². The van der Waals surface area contributed by atoms with Gasteiger partial charge < -0.3 is 10.6 Å². The van der Waals surface area contributed by atoms with E-state index in [9.17, 15) is 35.2 Å². The zero-order valence-electron chi connectivity index (χ0n) is 25.6. The van der Waals surface area contributed by atoms with E-state index in [0.717, 1.165) is 34.8 Å². The lowest BCUT2D eigenvalue weighted by Gasteiger charge is -2.47. The second-order valence-corrected chi connectivity index (χ2v) is 14.1. The molecular weight excluding hydrogens is 648 g/mol. The molecular formula is C32H35F6N5O3S. The van der Waals surface area contributed by atoms with Gasteiger partial charge in [-0.05, 0) is 61.6 Å². The van der Waals surface area contributed by atoms with Crippen molar-refractivity contribution in [3.8, 4) is 0 Å². The highest BCUT2D eigenvalue weighted by atomic mass is 32.2. The summed E-state index contributed by atoms with van der Waals surface area (Å²) in [4.78, 5) is 17.2. The van der Waals surface area contributed by atoms with Gasteiger partial charge in [0.05, 0.1) is 24.6 Å². The standard InChI is InChI=1S/C32H35F6N5O3S/c1-31(19-39-10-12-43(31)47(45,46)42-11-2-8-32(37,38)20-42)9-7-26-28(36)17-40-18-29(26)41-30(44)16-27(21-3-5-23(33)6-4-21)22-13-24(34)15-25(35)14-22/h3-6,13-15,17-18,27,39H,2,7-12,16,19-20H2,1H3,(H,41,44)/t27-,31-/m0/s1. The van der Waals surface area contributed by atoms with Crippen LogP contribution in [0.4, 0.5) is 32.0 Å². The Kier molecular flexibility index (Phi) is 10.3. The van der Waals surface area contributed by atoms with E-state index in [1.807, 2.05) is 0 Å². The number of piperidine rings is 1. The van der Waals surface area contributed by atoms with Gasteiger partial charge in [-0.25, -0.2) is 26.3 Å². The number of carbonyl (C=O) groups excluding carboxylic acids is 1. The summed E-state index contributed by atoms with van der Waals surface area (Å²) in [7, 11) is -4.29. The summed E-state index contributed by atoms with van der Waals surface area (Å²) in [5, 5.41) is 5.76. The van der Waals surface area contributed by atoms with Gasteiger partial charge in [0.25, 0.3) is 16.1 Å². The maximum absolute atomic E-state index is 15.2. The molecule has 2 saturated heterocycles. The summed E-state index contributed by atoms with van der Waals surface area (Å²) < 4.78 is 115. The van der Waals surface area contributed by atoms with Crippen molar-refractivity contribution >= 4 is 21.8 Å². The summed E-state index contributed by atoms with van der Waals surface area (Å²) in [6.07, 6.45) is 1.48. The summed E-state index contributed by atoms with van der Waals surface area (Å²) in [6, 6.07) is 7.94. The summed E-state index contributed by atoms with van der Waals surface area (Å²) in [5.41, 5.74) is -0.537. The molecule has 254 valence electrons. The fourth-order valence-corrected chi connectivity index (χ4v) is 8.30. The number of halogens is 6. The number of aromatic nitrogens is 1. The smallest absolute Gasteiger partial charge is 0.282 e. The topological polar surface area (TPSA) is 94.6 Å². The van der Waals surface area contributed by atoms with Gasteiger partial charge >= 0.3 is 0 Å². The largest absolute Gasteiger partial charge is 0.324 e. The van der Waals surface area contributed by atoms with E-state index in [1.54, 1.807) is 6.92 Å². The lowest BCUT2D eigenvalue weighted by atomic mass is 9.88. The van der Waals surface area contributed by atoms with Gasteiger partial charge in [-0.2, -0.15) is 17.0 Å². The molecule has 2 N–H and O–H groups in total. The van der Waals surface area contributed by atoms with Gasteiger partial charge in [-0.15, -0.1) is 0 Å². The van der Waals surface area contributed by atoms with Crippen LogP contribution in [-0.2, 0) is 21.4 Å². The van der Waals surface area contributed by atoms with Gasteiger partial charge in [0.2, 0.25) is 5.91 Å². The lowest BCUT2D eigenvalue weighted by molar-refractivity contribution is -0.116. The molecule has 0 spiro atoms. The zero-order valence-corrected chi connectivity index (χ0v) is 26.4. The Hall–Kier alpha value is -3.53. The Labute approximate surface area is 269 Å². The molecule has 0 aliphatic carbocycles. The van der Waals surface area contributed by atoms with Crippen molar-refractivity contribution in [1.82, 2.24) is 18.9 Å². The van der Waals surface area contributed by atoms with Crippen molar-refractivity contribution in [1.29, 1.82) is 0 Å². The first-order valence-corrected chi connectivity index (χ1v) is 16.6. The van der Waals surface area contributed by atoms with Crippen LogP contribution in [0.2, 0.25) is 0 Å². The number of pyridine rings is 1. The molecule has 1 amide bonds. The Balaban J connectivity index is 1.36. The summed E-state index contributed by atoms with van der Waals surface area (Å²) >= 11 is 0. The number of alkyl halides is 2. The van der Waals surface area contributed by atoms with Crippen LogP contribution in [0.5, 0.6) is 0 Å². The molecule has 3 aromatic rings. The van der Waals surface area contributed by atoms with Gasteiger partial charge in [0, 0.05) is 62.1 Å². The molecule has 0 bridgehead atoms. The molecule has 8 nitrogen and oxygen atoms in total. The molecule has 15 heteroatoms. The highest BCUT2D eigenvalue weighted by molar-refractivity contribution is 7.86. The second-order valence-electron chi connectivity index (χ2n) is 12.3. The number of rotatable bonds is 10. The summed E-state index contributed by atoms with van der Waals surface area (Å²) in [6.45, 7) is 1.21. The first-order chi connectivity index (χ1) is 22.2. The number of hydrogen-bond acceptors (Lipinski definition) is 5. The van der Waals surface area contributed by atoms with Crippen molar-refractivity contribution in [2.45, 2.75) is 56.4 Å². The number of carbonyl (C=O) groups is 1. The van der Waals surface area contributed by atoms with E-state index in [2.05, 4.69) is 15.6 Å². The number of nitrogens with one attached hydrogen (secondary N) is 2. The lowest BCUT2D eigenvalue weighted by Crippen LogP contribution is -2.65. The van der Waals surface area contributed by atoms with Crippen molar-refractivity contribution < 1.29 is 39.6 Å². The van der Waals surface area contributed by atoms with Gasteiger partial charge in [-0.3, -0.25) is 9.78 Å². The average molecular weight is 684 g/mol. The van der Waals surface area contributed by atoms with Crippen molar-refractivity contribution in [3.63, 3.8) is 0 Å². The van der Waals surface area contributed by atoms with E-state index in [4.69, 9.17) is 0 Å². The monoisotopic (exact) mass is 683 g/mol. The quantitative estimate of drug-likeness (QED) is 0.281. The molecule has 3 heterocycles. The Morgan fingerprint density at radius 1 is 1.00 bits per heavy atom. The number of hydrogen-bond donors (Lipinski definition) is 2. The van der Waals surface area contributed by atoms with Crippen LogP contribution in [0.1, 0.15) is 55.2 Å². The first kappa shape index (κ1) is 34.8. The number of nitrogens with zero attached hydrogens (tertiary/aromatic N) is 3. The van der Waals surface area contributed by atoms with E-state index in [1.165, 1.54) is 22.6 Å². The molecule has 0 radical (unpaired) electrons. The second kappa shape index (κ2) is 13.9. The van der Waals surface area contributed by atoms with Gasteiger partial charge in [-0.1, -0.05) is 12.1 Å². The first-order valence-electron chi connectivity index (χ1n) is 15.2. The van der Waals surface area contributed by atoms with Crippen LogP contribution in [0.15, 0.2) is 54.9 Å². The van der Waals surface area contributed by atoms with E-state index in [0.29, 0.717) is 18.2 Å². The van der Waals surface area contributed by atoms with Crippen molar-refractivity contribution in [2.75, 3.05) is 38.0 Å². The number of benzene rings is 2. The molecule has 2 aliphatic heterocycles. The van der Waals surface area contributed by atoms with Gasteiger partial charge in [0.1, 0.15) is 23.3 Å². The zero-order chi connectivity index (χ0) is 34.0. The van der Waals surface area contributed by atoms with E-state index in [-0.39, 0.29) is 62.1 Å². The van der Waals surface area contributed by atoms with Crippen molar-refractivity contribution in [3.05, 3.63) is 94.8 Å². The number of anilines is 1. The minimum atomic E-state index is -4.29. The SMILES string of the molecule is C[C@]1(CCc2c(F)cncc2NC(=O)C[C@@H](c2ccc(F)cc2)c2cc(F)cc(F)c2)CNCCN1S(=O)(=O)N1CCCC(F)(F)C1. The predicted octanol–water partition coefficient (Wildman–Crippen LogP) is 5.37. The minimum absolute atomic E-state index is 0.00993. The third-order valence-corrected chi connectivity index (χ3v) is 10.8. The van der Waals surface area contributed by atoms with Gasteiger partial charge in [0.15, 0.2) is 0 Å². The molecule has 2 fully saturated rings. The number of piperazine rings is 1. The van der Waals surface area contributed by atoms with Crippen molar-refractivity contribution in [2.24, 2.45) is 0 Å². The van der Waals surface area contributed by atoms with E-state index < -0.39 is 69.7 Å². The third-order valence-electron chi connectivity index (χ3n) is 8.70. The maximum atomic E-state index is 15.2. The molecule has 2 atom stereocenters. The predicted molar refractivity (Wildman–Crippen MR) is 163 cm³/mol. The average Bonchev–Trinajstić information content (AvgIpc) is 2.99. The van der Waals surface area contributed by atoms with Crippen LogP contribution < -0.4 is 10.6 Å². The van der Waals surface area contributed by atoms with E-state index >= 15 is 4.39 Å². The van der Waals surface area contributed by atoms with Crippen LogP contribution in [0.25, 0.3) is 0 Å². The van der Waals surface area contributed by atoms with Crippen LogP contribution >= 0.6 is 0 Å². The molecule has 1 aromatic heterocycles. The highest BCUT2D eigenvalue weighted by Gasteiger charge is 2.48. The Morgan fingerprint density at radius 2 is 1.70 bits per heavy atom. The Bertz CT molecular complexity index is 1690. The minimum Gasteiger partial charge on any atom is -0.324 e. The molecule has 0 unspecified atom stereocenters. The molecule has 5 rings (SSSR count). The maximum Gasteiger partial charge on any atom is 0.282 e. The molecule has 47 heavy (non-hydrogen) atoms. The van der Waals surface area contributed by atoms with Crippen LogP contribution in [-0.4, -0.2) is 72.1 Å². The van der Waals surface area contributed by atoms with Crippen LogP contribution in [0, 0.1) is 23.3 Å². The third kappa shape index (κ3) is 8.13. The normalized spacial score (nSPS) is 21.3.